The van der Waals surface area contributed by atoms with E-state index in [9.17, 15) is 18.0 Å². The molecule has 8 nitrogen and oxygen atoms in total. The number of oxazole rings is 1. The Balaban J connectivity index is 1.47. The predicted molar refractivity (Wildman–Crippen MR) is 133 cm³/mol. The highest BCUT2D eigenvalue weighted by atomic mass is 32.2. The quantitative estimate of drug-likeness (QED) is 0.353. The number of fused-ring (bicyclic) bond motifs is 1. The molecule has 0 saturated carbocycles. The lowest BCUT2D eigenvalue weighted by atomic mass is 10.0. The number of benzene rings is 3. The summed E-state index contributed by atoms with van der Waals surface area (Å²) in [7, 11) is -3.83. The van der Waals surface area contributed by atoms with Gasteiger partial charge in [0.2, 0.25) is 15.9 Å². The second-order valence-corrected chi connectivity index (χ2v) is 10.0. The van der Waals surface area contributed by atoms with E-state index in [0.29, 0.717) is 11.9 Å². The van der Waals surface area contributed by atoms with Gasteiger partial charge in [-0.1, -0.05) is 67.6 Å². The average molecular weight is 494 g/mol. The number of hydrogen-bond donors (Lipinski definition) is 2. The van der Waals surface area contributed by atoms with Crippen LogP contribution in [0.5, 0.6) is 0 Å². The van der Waals surface area contributed by atoms with Crippen LogP contribution in [0.4, 0.5) is 0 Å². The molecule has 1 atom stereocenters. The smallest absolute Gasteiger partial charge is 0.408 e. The van der Waals surface area contributed by atoms with Gasteiger partial charge in [-0.2, -0.15) is 0 Å². The zero-order chi connectivity index (χ0) is 24.8. The fourth-order valence-electron chi connectivity index (χ4n) is 3.83. The van der Waals surface area contributed by atoms with Crippen molar-refractivity contribution in [2.75, 3.05) is 0 Å². The van der Waals surface area contributed by atoms with Crippen molar-refractivity contribution < 1.29 is 17.6 Å². The summed E-state index contributed by atoms with van der Waals surface area (Å²) in [4.78, 5) is 25.1. The minimum Gasteiger partial charge on any atom is -0.408 e. The molecule has 0 radical (unpaired) electrons. The Morgan fingerprint density at radius 2 is 1.63 bits per heavy atom. The highest BCUT2D eigenvalue weighted by Gasteiger charge is 2.19. The van der Waals surface area contributed by atoms with Crippen molar-refractivity contribution in [3.05, 3.63) is 101 Å². The van der Waals surface area contributed by atoms with E-state index in [1.54, 1.807) is 0 Å². The lowest BCUT2D eigenvalue weighted by molar-refractivity contribution is -0.122. The van der Waals surface area contributed by atoms with Gasteiger partial charge in [0.25, 0.3) is 0 Å². The number of nitrogens with zero attached hydrogens (tertiary/aromatic N) is 1. The molecule has 0 saturated heterocycles. The largest absolute Gasteiger partial charge is 0.420 e. The summed E-state index contributed by atoms with van der Waals surface area (Å²) in [6.45, 7) is 1.89. The van der Waals surface area contributed by atoms with Crippen LogP contribution in [-0.4, -0.2) is 24.9 Å². The molecule has 35 heavy (non-hydrogen) atoms. The minimum absolute atomic E-state index is 0.0276. The molecule has 3 aromatic carbocycles. The van der Waals surface area contributed by atoms with Crippen molar-refractivity contribution in [2.45, 2.75) is 43.8 Å². The lowest BCUT2D eigenvalue weighted by Gasteiger charge is -2.17. The molecule has 182 valence electrons. The van der Waals surface area contributed by atoms with E-state index >= 15 is 0 Å². The molecule has 1 amide bonds. The summed E-state index contributed by atoms with van der Waals surface area (Å²) in [5, 5.41) is 2.97. The average Bonchev–Trinajstić information content (AvgIpc) is 3.17. The summed E-state index contributed by atoms with van der Waals surface area (Å²) < 4.78 is 34.4. The summed E-state index contributed by atoms with van der Waals surface area (Å²) in [6.07, 6.45) is 1.42. The van der Waals surface area contributed by atoms with Gasteiger partial charge in [0, 0.05) is 18.7 Å². The Kier molecular flexibility index (Phi) is 7.48. The van der Waals surface area contributed by atoms with Crippen LogP contribution in [0, 0.1) is 0 Å². The van der Waals surface area contributed by atoms with E-state index in [1.807, 2.05) is 67.6 Å². The maximum atomic E-state index is 12.7. The molecule has 9 heteroatoms. The van der Waals surface area contributed by atoms with Gasteiger partial charge >= 0.3 is 5.76 Å². The maximum Gasteiger partial charge on any atom is 0.420 e. The third-order valence-electron chi connectivity index (χ3n) is 5.74. The normalized spacial score (nSPS) is 12.5. The van der Waals surface area contributed by atoms with Gasteiger partial charge in [-0.15, -0.1) is 0 Å². The molecular formula is C26H27N3O5S. The molecule has 1 aromatic heterocycles. The molecule has 1 heterocycles. The van der Waals surface area contributed by atoms with Crippen LogP contribution in [-0.2, 0) is 34.3 Å². The highest BCUT2D eigenvalue weighted by molar-refractivity contribution is 7.89. The summed E-state index contributed by atoms with van der Waals surface area (Å²) in [6, 6.07) is 23.1. The van der Waals surface area contributed by atoms with Crippen LogP contribution in [0.15, 0.2) is 93.0 Å². The fourth-order valence-corrected chi connectivity index (χ4v) is 4.87. The van der Waals surface area contributed by atoms with Crippen molar-refractivity contribution in [3.8, 4) is 0 Å². The topological polar surface area (TPSA) is 110 Å². The second kappa shape index (κ2) is 10.7. The Morgan fingerprint density at radius 3 is 2.29 bits per heavy atom. The van der Waals surface area contributed by atoms with Crippen LogP contribution < -0.4 is 15.8 Å². The van der Waals surface area contributed by atoms with Crippen LogP contribution in [0.2, 0.25) is 0 Å². The first-order valence-electron chi connectivity index (χ1n) is 11.4. The lowest BCUT2D eigenvalue weighted by Crippen LogP contribution is -2.39. The van der Waals surface area contributed by atoms with Crippen molar-refractivity contribution in [2.24, 2.45) is 0 Å². The molecule has 2 N–H and O–H groups in total. The molecule has 0 aliphatic carbocycles. The van der Waals surface area contributed by atoms with E-state index in [4.69, 9.17) is 4.42 Å². The maximum absolute atomic E-state index is 12.7. The first-order chi connectivity index (χ1) is 16.9. The minimum atomic E-state index is -3.83. The molecule has 0 aliphatic rings. The van der Waals surface area contributed by atoms with E-state index in [0.717, 1.165) is 17.5 Å². The van der Waals surface area contributed by atoms with Gasteiger partial charge < -0.3 is 9.73 Å². The monoisotopic (exact) mass is 493 g/mol. The van der Waals surface area contributed by atoms with Gasteiger partial charge in [0.15, 0.2) is 5.58 Å². The number of carbonyl (C=O) groups excluding carboxylic acids is 1. The van der Waals surface area contributed by atoms with Crippen LogP contribution in [0.3, 0.4) is 0 Å². The van der Waals surface area contributed by atoms with E-state index in [-0.39, 0.29) is 35.5 Å². The molecule has 0 bridgehead atoms. The Labute approximate surface area is 203 Å². The third-order valence-corrected chi connectivity index (χ3v) is 7.14. The first-order valence-corrected chi connectivity index (χ1v) is 12.8. The molecule has 0 spiro atoms. The van der Waals surface area contributed by atoms with Crippen LogP contribution in [0.1, 0.15) is 24.5 Å². The summed E-state index contributed by atoms with van der Waals surface area (Å²) in [5.41, 5.74) is 2.38. The van der Waals surface area contributed by atoms with Gasteiger partial charge in [-0.3, -0.25) is 9.36 Å². The fraction of sp³-hybridized carbons (Fsp3) is 0.231. The van der Waals surface area contributed by atoms with E-state index in [1.165, 1.54) is 22.8 Å². The van der Waals surface area contributed by atoms with E-state index < -0.39 is 15.8 Å². The molecule has 0 aliphatic heterocycles. The molecule has 1 unspecified atom stereocenters. The van der Waals surface area contributed by atoms with Gasteiger partial charge in [0.1, 0.15) is 6.54 Å². The zero-order valence-electron chi connectivity index (χ0n) is 19.3. The first kappa shape index (κ1) is 24.4. The van der Waals surface area contributed by atoms with Crippen LogP contribution >= 0.6 is 0 Å². The van der Waals surface area contributed by atoms with Crippen molar-refractivity contribution in [3.63, 3.8) is 0 Å². The Morgan fingerprint density at radius 1 is 0.971 bits per heavy atom. The van der Waals surface area contributed by atoms with Crippen LogP contribution in [0.25, 0.3) is 11.1 Å². The summed E-state index contributed by atoms with van der Waals surface area (Å²) in [5.74, 6) is -1.04. The SMILES string of the molecule is CCC(Cc1ccccc1)NC(=O)Cn1c(=O)oc2cc(S(=O)(=O)NCc3ccccc3)ccc21. The molecule has 4 rings (SSSR count). The number of carbonyl (C=O) groups is 1. The number of nitrogens with one attached hydrogen (secondary N) is 2. The number of hydrogen-bond acceptors (Lipinski definition) is 5. The van der Waals surface area contributed by atoms with Gasteiger partial charge in [0.05, 0.1) is 10.4 Å². The number of aromatic nitrogens is 1. The number of sulfonamides is 1. The highest BCUT2D eigenvalue weighted by Crippen LogP contribution is 2.19. The molecule has 0 fully saturated rings. The number of amides is 1. The van der Waals surface area contributed by atoms with Gasteiger partial charge in [-0.25, -0.2) is 17.9 Å². The third kappa shape index (κ3) is 6.06. The summed E-state index contributed by atoms with van der Waals surface area (Å²) >= 11 is 0. The predicted octanol–water partition coefficient (Wildman–Crippen LogP) is 3.21. The zero-order valence-corrected chi connectivity index (χ0v) is 20.1. The van der Waals surface area contributed by atoms with E-state index in [2.05, 4.69) is 10.0 Å². The van der Waals surface area contributed by atoms with Crippen molar-refractivity contribution in [1.82, 2.24) is 14.6 Å². The standard InChI is InChI=1S/C26H27N3O5S/c1-2-21(15-19-9-5-3-6-10-19)28-25(30)18-29-23-14-13-22(16-24(23)34-26(29)31)35(32,33)27-17-20-11-7-4-8-12-20/h3-14,16,21,27H,2,15,17-18H2,1H3,(H,28,30). The second-order valence-electron chi connectivity index (χ2n) is 8.26. The molecular weight excluding hydrogens is 466 g/mol. The van der Waals surface area contributed by atoms with Crippen molar-refractivity contribution in [1.29, 1.82) is 0 Å². The Bertz CT molecular complexity index is 1460. The number of rotatable bonds is 10. The van der Waals surface area contributed by atoms with Crippen molar-refractivity contribution >= 4 is 27.0 Å². The molecule has 4 aromatic rings. The van der Waals surface area contributed by atoms with Gasteiger partial charge in [-0.05, 0) is 36.1 Å². The Hall–Kier alpha value is -3.69.